The molecule has 1 atom stereocenters. The maximum atomic E-state index is 9.35. The fourth-order valence-corrected chi connectivity index (χ4v) is 2.58. The fourth-order valence-electron chi connectivity index (χ4n) is 2.58. The highest BCUT2D eigenvalue weighted by molar-refractivity contribution is 4.99. The first-order chi connectivity index (χ1) is 5.86. The zero-order valence-corrected chi connectivity index (χ0v) is 7.58. The van der Waals surface area contributed by atoms with E-state index in [1.54, 1.807) is 0 Å². The summed E-state index contributed by atoms with van der Waals surface area (Å²) < 4.78 is 0. The lowest BCUT2D eigenvalue weighted by molar-refractivity contribution is 0.0975. The molecule has 0 aromatic rings. The summed E-state index contributed by atoms with van der Waals surface area (Å²) in [4.78, 5) is 0. The molecule has 1 N–H and O–H groups in total. The molecule has 1 saturated carbocycles. The van der Waals surface area contributed by atoms with Gasteiger partial charge in [-0.3, -0.25) is 0 Å². The third kappa shape index (κ3) is 1.71. The molecule has 0 aromatic carbocycles. The highest BCUT2D eigenvalue weighted by atomic mass is 16.3. The number of aliphatic hydroxyl groups excluding tert-OH is 1. The Kier molecular flexibility index (Phi) is 2.50. The van der Waals surface area contributed by atoms with Gasteiger partial charge in [-0.25, -0.2) is 0 Å². The molecule has 0 saturated heterocycles. The Balaban J connectivity index is 1.84. The van der Waals surface area contributed by atoms with E-state index >= 15 is 0 Å². The Morgan fingerprint density at radius 2 is 1.75 bits per heavy atom. The average molecular weight is 166 g/mol. The van der Waals surface area contributed by atoms with Crippen LogP contribution in [0.5, 0.6) is 0 Å². The number of aliphatic hydroxyl groups is 1. The summed E-state index contributed by atoms with van der Waals surface area (Å²) in [5.41, 5.74) is 0. The van der Waals surface area contributed by atoms with Crippen LogP contribution in [0.25, 0.3) is 0 Å². The van der Waals surface area contributed by atoms with E-state index in [4.69, 9.17) is 0 Å². The third-order valence-electron chi connectivity index (χ3n) is 3.40. The van der Waals surface area contributed by atoms with E-state index in [1.165, 1.54) is 25.7 Å². The van der Waals surface area contributed by atoms with Crippen molar-refractivity contribution in [3.05, 3.63) is 12.2 Å². The number of hydrogen-bond acceptors (Lipinski definition) is 1. The van der Waals surface area contributed by atoms with Crippen molar-refractivity contribution in [1.29, 1.82) is 0 Å². The number of hydrogen-bond donors (Lipinski definition) is 1. The van der Waals surface area contributed by atoms with Gasteiger partial charge in [-0.2, -0.15) is 0 Å². The molecule has 1 fully saturated rings. The predicted octanol–water partition coefficient (Wildman–Crippen LogP) is 2.50. The molecule has 1 unspecified atom stereocenters. The predicted molar refractivity (Wildman–Crippen MR) is 49.8 cm³/mol. The normalized spacial score (nSPS) is 41.9. The van der Waals surface area contributed by atoms with Crippen LogP contribution in [0.15, 0.2) is 12.2 Å². The van der Waals surface area contributed by atoms with Crippen LogP contribution in [0.4, 0.5) is 0 Å². The lowest BCUT2D eigenvalue weighted by atomic mass is 9.79. The van der Waals surface area contributed by atoms with Crippen LogP contribution in [0.1, 0.15) is 38.5 Å². The van der Waals surface area contributed by atoms with Crippen molar-refractivity contribution in [2.75, 3.05) is 0 Å². The van der Waals surface area contributed by atoms with E-state index < -0.39 is 0 Å². The zero-order valence-electron chi connectivity index (χ0n) is 7.58. The summed E-state index contributed by atoms with van der Waals surface area (Å²) in [6, 6.07) is 0. The second-order valence-corrected chi connectivity index (χ2v) is 4.24. The second kappa shape index (κ2) is 3.61. The highest BCUT2D eigenvalue weighted by Crippen LogP contribution is 2.35. The Bertz CT molecular complexity index is 166. The van der Waals surface area contributed by atoms with Crippen molar-refractivity contribution in [2.24, 2.45) is 11.8 Å². The highest BCUT2D eigenvalue weighted by Gasteiger charge is 2.26. The van der Waals surface area contributed by atoms with E-state index in [2.05, 4.69) is 12.2 Å². The minimum absolute atomic E-state index is 0.00614. The molecule has 0 amide bonds. The van der Waals surface area contributed by atoms with Gasteiger partial charge in [-0.05, 0) is 50.4 Å². The fraction of sp³-hybridized carbons (Fsp3) is 0.818. The molecule has 68 valence electrons. The molecule has 0 aromatic heterocycles. The largest absolute Gasteiger partial charge is 0.393 e. The van der Waals surface area contributed by atoms with Gasteiger partial charge in [-0.15, -0.1) is 0 Å². The molecular formula is C11H18O. The van der Waals surface area contributed by atoms with E-state index in [9.17, 15) is 5.11 Å². The summed E-state index contributed by atoms with van der Waals surface area (Å²) in [6.45, 7) is 0. The van der Waals surface area contributed by atoms with Crippen molar-refractivity contribution < 1.29 is 5.11 Å². The molecule has 0 spiro atoms. The molecule has 0 heterocycles. The van der Waals surface area contributed by atoms with Gasteiger partial charge in [-0.1, -0.05) is 12.2 Å². The number of rotatable bonds is 1. The minimum Gasteiger partial charge on any atom is -0.393 e. The summed E-state index contributed by atoms with van der Waals surface area (Å²) in [5, 5.41) is 9.35. The molecule has 1 nitrogen and oxygen atoms in total. The van der Waals surface area contributed by atoms with Crippen LogP contribution in [0, 0.1) is 11.8 Å². The number of allylic oxidation sites excluding steroid dienone is 2. The van der Waals surface area contributed by atoms with Crippen molar-refractivity contribution in [2.45, 2.75) is 44.6 Å². The topological polar surface area (TPSA) is 20.2 Å². The average Bonchev–Trinajstić information content (AvgIpc) is 2.58. The van der Waals surface area contributed by atoms with Crippen LogP contribution < -0.4 is 0 Å². The quantitative estimate of drug-likeness (QED) is 0.593. The first kappa shape index (κ1) is 8.31. The van der Waals surface area contributed by atoms with E-state index in [-0.39, 0.29) is 6.10 Å². The van der Waals surface area contributed by atoms with Crippen molar-refractivity contribution >= 4 is 0 Å². The lowest BCUT2D eigenvalue weighted by Gasteiger charge is -2.29. The molecule has 2 aliphatic rings. The molecule has 2 rings (SSSR count). The van der Waals surface area contributed by atoms with Crippen LogP contribution in [0.2, 0.25) is 0 Å². The first-order valence-electron chi connectivity index (χ1n) is 5.21. The molecule has 2 aliphatic carbocycles. The van der Waals surface area contributed by atoms with Crippen LogP contribution in [0.3, 0.4) is 0 Å². The molecule has 1 heteroatoms. The van der Waals surface area contributed by atoms with Crippen LogP contribution >= 0.6 is 0 Å². The smallest absolute Gasteiger partial charge is 0.0540 e. The summed E-state index contributed by atoms with van der Waals surface area (Å²) in [7, 11) is 0. The zero-order chi connectivity index (χ0) is 8.39. The maximum Gasteiger partial charge on any atom is 0.0540 e. The van der Waals surface area contributed by atoms with Gasteiger partial charge in [0.1, 0.15) is 0 Å². The van der Waals surface area contributed by atoms with Gasteiger partial charge in [0.05, 0.1) is 6.10 Å². The SMILES string of the molecule is OC1CCC(C2C=CCC2)CC1. The molecule has 0 bridgehead atoms. The Hall–Kier alpha value is -0.300. The van der Waals surface area contributed by atoms with Crippen LogP contribution in [-0.4, -0.2) is 11.2 Å². The van der Waals surface area contributed by atoms with E-state index in [0.29, 0.717) is 0 Å². The summed E-state index contributed by atoms with van der Waals surface area (Å²) in [6.07, 6.45) is 11.9. The minimum atomic E-state index is 0.00614. The standard InChI is InChI=1S/C11H18O/c12-11-7-5-10(6-8-11)9-3-1-2-4-9/h1,3,9-12H,2,4-8H2. The molecule has 0 radical (unpaired) electrons. The van der Waals surface area contributed by atoms with Gasteiger partial charge < -0.3 is 5.11 Å². The maximum absolute atomic E-state index is 9.35. The first-order valence-corrected chi connectivity index (χ1v) is 5.21. The summed E-state index contributed by atoms with van der Waals surface area (Å²) >= 11 is 0. The monoisotopic (exact) mass is 166 g/mol. The van der Waals surface area contributed by atoms with Crippen LogP contribution in [-0.2, 0) is 0 Å². The van der Waals surface area contributed by atoms with Gasteiger partial charge in [0.2, 0.25) is 0 Å². The third-order valence-corrected chi connectivity index (χ3v) is 3.40. The Morgan fingerprint density at radius 1 is 1.00 bits per heavy atom. The molecule has 12 heavy (non-hydrogen) atoms. The van der Waals surface area contributed by atoms with Gasteiger partial charge in [0.15, 0.2) is 0 Å². The molecular weight excluding hydrogens is 148 g/mol. The van der Waals surface area contributed by atoms with Gasteiger partial charge in [0, 0.05) is 0 Å². The van der Waals surface area contributed by atoms with E-state index in [1.807, 2.05) is 0 Å². The molecule has 0 aliphatic heterocycles. The van der Waals surface area contributed by atoms with Crippen molar-refractivity contribution in [3.63, 3.8) is 0 Å². The van der Waals surface area contributed by atoms with Crippen molar-refractivity contribution in [3.8, 4) is 0 Å². The van der Waals surface area contributed by atoms with Crippen molar-refractivity contribution in [1.82, 2.24) is 0 Å². The Morgan fingerprint density at radius 3 is 2.33 bits per heavy atom. The second-order valence-electron chi connectivity index (χ2n) is 4.24. The van der Waals surface area contributed by atoms with Gasteiger partial charge in [0.25, 0.3) is 0 Å². The van der Waals surface area contributed by atoms with E-state index in [0.717, 1.165) is 24.7 Å². The van der Waals surface area contributed by atoms with Gasteiger partial charge >= 0.3 is 0 Å². The Labute approximate surface area is 74.5 Å². The lowest BCUT2D eigenvalue weighted by Crippen LogP contribution is -2.22. The summed E-state index contributed by atoms with van der Waals surface area (Å²) in [5.74, 6) is 1.73.